The van der Waals surface area contributed by atoms with Crippen molar-refractivity contribution in [1.29, 1.82) is 0 Å². The van der Waals surface area contributed by atoms with Crippen LogP contribution in [0.4, 0.5) is 0 Å². The highest BCUT2D eigenvalue weighted by molar-refractivity contribution is 5.73. The number of aryl methyl sites for hydroxylation is 1. The van der Waals surface area contributed by atoms with Crippen LogP contribution in [0.1, 0.15) is 11.4 Å². The molecule has 0 saturated carbocycles. The Bertz CT molecular complexity index is 1560. The number of ether oxygens (including phenoxy) is 1. The summed E-state index contributed by atoms with van der Waals surface area (Å²) in [6.45, 7) is 2.67. The van der Waals surface area contributed by atoms with Crippen LogP contribution in [0.25, 0.3) is 28.0 Å². The molecule has 0 saturated heterocycles. The molecule has 11 heteroatoms. The lowest BCUT2D eigenvalue weighted by molar-refractivity contribution is 0.185. The van der Waals surface area contributed by atoms with Crippen LogP contribution >= 0.6 is 0 Å². The molecule has 0 aliphatic rings. The van der Waals surface area contributed by atoms with Gasteiger partial charge in [0.2, 0.25) is 0 Å². The molecule has 0 radical (unpaired) electrons. The number of methoxy groups -OCH3 is 1. The minimum absolute atomic E-state index is 0.167. The maximum atomic E-state index is 13.1. The van der Waals surface area contributed by atoms with E-state index in [2.05, 4.69) is 25.5 Å². The van der Waals surface area contributed by atoms with E-state index in [0.29, 0.717) is 17.9 Å². The average molecular weight is 458 g/mol. The van der Waals surface area contributed by atoms with Gasteiger partial charge in [-0.1, -0.05) is 42.5 Å². The summed E-state index contributed by atoms with van der Waals surface area (Å²) < 4.78 is 9.62. The van der Waals surface area contributed by atoms with Crippen LogP contribution in [0.3, 0.4) is 0 Å². The van der Waals surface area contributed by atoms with Gasteiger partial charge in [0.15, 0.2) is 11.2 Å². The topological polar surface area (TPSA) is 126 Å². The molecule has 5 rings (SSSR count). The van der Waals surface area contributed by atoms with Gasteiger partial charge in [-0.2, -0.15) is 4.68 Å². The molecule has 0 spiro atoms. The van der Waals surface area contributed by atoms with Gasteiger partial charge in [0.05, 0.1) is 18.8 Å². The maximum Gasteiger partial charge on any atom is 0.330 e. The maximum absolute atomic E-state index is 13.1. The third-order valence-electron chi connectivity index (χ3n) is 5.70. The first-order valence-electron chi connectivity index (χ1n) is 10.7. The Kier molecular flexibility index (Phi) is 5.60. The zero-order valence-corrected chi connectivity index (χ0v) is 18.7. The largest absolute Gasteiger partial charge is 0.383 e. The van der Waals surface area contributed by atoms with Crippen molar-refractivity contribution in [3.05, 3.63) is 87.1 Å². The van der Waals surface area contributed by atoms with E-state index in [4.69, 9.17) is 4.74 Å². The number of hydrogen-bond acceptors (Lipinski definition) is 7. The Morgan fingerprint density at radius 3 is 2.56 bits per heavy atom. The molecule has 0 fully saturated rings. The van der Waals surface area contributed by atoms with E-state index in [0.717, 1.165) is 26.9 Å². The van der Waals surface area contributed by atoms with Crippen LogP contribution in [0, 0.1) is 6.92 Å². The summed E-state index contributed by atoms with van der Waals surface area (Å²) in [7, 11) is 1.52. The van der Waals surface area contributed by atoms with Gasteiger partial charge in [0.1, 0.15) is 12.2 Å². The van der Waals surface area contributed by atoms with Crippen molar-refractivity contribution >= 4 is 11.2 Å². The van der Waals surface area contributed by atoms with Gasteiger partial charge in [0, 0.05) is 19.2 Å². The monoisotopic (exact) mass is 458 g/mol. The molecule has 0 unspecified atom stereocenters. The van der Waals surface area contributed by atoms with E-state index in [9.17, 15) is 9.59 Å². The second kappa shape index (κ2) is 8.87. The number of nitrogens with zero attached hydrogens (tertiary/aromatic N) is 7. The van der Waals surface area contributed by atoms with Crippen LogP contribution < -0.4 is 11.2 Å². The van der Waals surface area contributed by atoms with Crippen molar-refractivity contribution in [2.24, 2.45) is 0 Å². The number of para-hydroxylation sites is 1. The molecule has 172 valence electrons. The number of tetrazole rings is 1. The van der Waals surface area contributed by atoms with Gasteiger partial charge < -0.3 is 9.30 Å². The van der Waals surface area contributed by atoms with Crippen LogP contribution in [-0.2, 0) is 17.8 Å². The fourth-order valence-corrected chi connectivity index (χ4v) is 4.00. The lowest BCUT2D eigenvalue weighted by Crippen LogP contribution is -2.37. The minimum atomic E-state index is -0.496. The van der Waals surface area contributed by atoms with Gasteiger partial charge in [-0.05, 0) is 34.5 Å². The number of imidazole rings is 1. The Labute approximate surface area is 193 Å². The van der Waals surface area contributed by atoms with Crippen molar-refractivity contribution in [2.45, 2.75) is 20.0 Å². The van der Waals surface area contributed by atoms with Crippen LogP contribution in [0.2, 0.25) is 0 Å². The number of rotatable bonds is 7. The van der Waals surface area contributed by atoms with Crippen LogP contribution in [0.15, 0.2) is 64.4 Å². The van der Waals surface area contributed by atoms with Gasteiger partial charge >= 0.3 is 5.69 Å². The van der Waals surface area contributed by atoms with Crippen LogP contribution in [0.5, 0.6) is 0 Å². The van der Waals surface area contributed by atoms with E-state index in [1.807, 2.05) is 60.0 Å². The average Bonchev–Trinajstić information content (AvgIpc) is 3.48. The van der Waals surface area contributed by atoms with Gasteiger partial charge in [-0.25, -0.2) is 9.78 Å². The molecule has 0 aliphatic heterocycles. The smallest absolute Gasteiger partial charge is 0.330 e. The summed E-state index contributed by atoms with van der Waals surface area (Å²) >= 11 is 0. The molecule has 0 aliphatic carbocycles. The SMILES string of the molecule is COCCn1c(=O)[nH]c2nc(C)n(Cc3ccc(-c4ccccc4-n4cnnn4)cc3)c2c1=O. The molecule has 1 N–H and O–H groups in total. The van der Waals surface area contributed by atoms with Crippen molar-refractivity contribution in [3.63, 3.8) is 0 Å². The summed E-state index contributed by atoms with van der Waals surface area (Å²) in [5.41, 5.74) is 3.62. The summed E-state index contributed by atoms with van der Waals surface area (Å²) in [4.78, 5) is 32.5. The van der Waals surface area contributed by atoms with E-state index < -0.39 is 5.69 Å². The van der Waals surface area contributed by atoms with Crippen molar-refractivity contribution in [1.82, 2.24) is 39.3 Å². The van der Waals surface area contributed by atoms with E-state index in [1.165, 1.54) is 7.11 Å². The number of aromatic amines is 1. The number of hydrogen-bond donors (Lipinski definition) is 1. The molecule has 5 aromatic rings. The first-order valence-corrected chi connectivity index (χ1v) is 10.7. The fraction of sp³-hybridized carbons (Fsp3) is 0.217. The molecule has 3 heterocycles. The van der Waals surface area contributed by atoms with E-state index in [1.54, 1.807) is 11.0 Å². The van der Waals surface area contributed by atoms with Gasteiger partial charge in [0.25, 0.3) is 5.56 Å². The standard InChI is InChI=1S/C23H22N8O3/c1-15-25-21-20(22(32)29(11-12-34-2)23(33)26-21)30(15)13-16-7-9-17(10-8-16)18-5-3-4-6-19(18)31-14-24-27-28-31/h3-10,14H,11-13H2,1-2H3,(H,26,33). The molecule has 0 bridgehead atoms. The molecule has 3 aromatic heterocycles. The zero-order chi connectivity index (χ0) is 23.7. The highest BCUT2D eigenvalue weighted by atomic mass is 16.5. The Morgan fingerprint density at radius 2 is 1.82 bits per heavy atom. The third-order valence-corrected chi connectivity index (χ3v) is 5.70. The quantitative estimate of drug-likeness (QED) is 0.392. The molecular formula is C23H22N8O3. The molecule has 0 amide bonds. The first kappa shape index (κ1) is 21.5. The predicted octanol–water partition coefficient (Wildman–Crippen LogP) is 1.53. The number of H-pyrrole nitrogens is 1. The fourth-order valence-electron chi connectivity index (χ4n) is 4.00. The Balaban J connectivity index is 1.50. The second-order valence-corrected chi connectivity index (χ2v) is 7.79. The van der Waals surface area contributed by atoms with E-state index in [-0.39, 0.29) is 24.4 Å². The number of fused-ring (bicyclic) bond motifs is 1. The first-order chi connectivity index (χ1) is 16.6. The minimum Gasteiger partial charge on any atom is -0.383 e. The summed E-state index contributed by atoms with van der Waals surface area (Å²) in [6.07, 6.45) is 1.56. The summed E-state index contributed by atoms with van der Waals surface area (Å²) in [5.74, 6) is 0.639. The third kappa shape index (κ3) is 3.82. The molecule has 34 heavy (non-hydrogen) atoms. The highest BCUT2D eigenvalue weighted by Crippen LogP contribution is 2.26. The Hall–Kier alpha value is -4.38. The van der Waals surface area contributed by atoms with Crippen LogP contribution in [-0.4, -0.2) is 53.0 Å². The number of nitrogens with one attached hydrogen (secondary N) is 1. The number of aromatic nitrogens is 8. The summed E-state index contributed by atoms with van der Waals surface area (Å²) in [5, 5.41) is 11.4. The van der Waals surface area contributed by atoms with Gasteiger partial charge in [-0.15, -0.1) is 5.10 Å². The second-order valence-electron chi connectivity index (χ2n) is 7.79. The molecular weight excluding hydrogens is 436 g/mol. The molecule has 2 aromatic carbocycles. The predicted molar refractivity (Wildman–Crippen MR) is 125 cm³/mol. The van der Waals surface area contributed by atoms with Crippen molar-refractivity contribution < 1.29 is 4.74 Å². The number of benzene rings is 2. The highest BCUT2D eigenvalue weighted by Gasteiger charge is 2.16. The van der Waals surface area contributed by atoms with Crippen molar-refractivity contribution in [3.8, 4) is 16.8 Å². The lowest BCUT2D eigenvalue weighted by Gasteiger charge is -2.11. The van der Waals surface area contributed by atoms with Gasteiger partial charge in [-0.3, -0.25) is 14.3 Å². The summed E-state index contributed by atoms with van der Waals surface area (Å²) in [6, 6.07) is 15.9. The van der Waals surface area contributed by atoms with E-state index >= 15 is 0 Å². The lowest BCUT2D eigenvalue weighted by atomic mass is 10.0. The molecule has 11 nitrogen and oxygen atoms in total. The molecule has 0 atom stereocenters. The zero-order valence-electron chi connectivity index (χ0n) is 18.7. The normalized spacial score (nSPS) is 11.4. The van der Waals surface area contributed by atoms with Crippen molar-refractivity contribution in [2.75, 3.05) is 13.7 Å². The Morgan fingerprint density at radius 1 is 1.03 bits per heavy atom.